The number of likely N-dealkylation sites (N-methyl/N-ethyl adjacent to an activating group) is 1. The summed E-state index contributed by atoms with van der Waals surface area (Å²) < 4.78 is 5.36. The summed E-state index contributed by atoms with van der Waals surface area (Å²) >= 11 is 0. The van der Waals surface area contributed by atoms with Crippen molar-refractivity contribution in [3.8, 4) is 5.75 Å². The third-order valence-corrected chi connectivity index (χ3v) is 3.55. The van der Waals surface area contributed by atoms with Crippen molar-refractivity contribution < 1.29 is 4.74 Å². The zero-order valence-electron chi connectivity index (χ0n) is 13.0. The topological polar surface area (TPSA) is 24.5 Å². The molecule has 0 aromatic heterocycles. The van der Waals surface area contributed by atoms with Gasteiger partial charge in [-0.05, 0) is 44.1 Å². The summed E-state index contributed by atoms with van der Waals surface area (Å²) in [5, 5.41) is 3.57. The Balaban J connectivity index is 2.47. The highest BCUT2D eigenvalue weighted by molar-refractivity contribution is 5.36. The fourth-order valence-corrected chi connectivity index (χ4v) is 2.20. The lowest BCUT2D eigenvalue weighted by Gasteiger charge is -2.23. The highest BCUT2D eigenvalue weighted by atomic mass is 16.5. The Hall–Kier alpha value is -1.06. The minimum atomic E-state index is 0.493. The maximum absolute atomic E-state index is 5.36. The van der Waals surface area contributed by atoms with Crippen molar-refractivity contribution >= 4 is 0 Å². The van der Waals surface area contributed by atoms with Gasteiger partial charge in [0.05, 0.1) is 7.11 Å². The van der Waals surface area contributed by atoms with E-state index >= 15 is 0 Å². The largest absolute Gasteiger partial charge is 0.496 e. The molecule has 1 aromatic carbocycles. The Labute approximate surface area is 118 Å². The fourth-order valence-electron chi connectivity index (χ4n) is 2.20. The normalized spacial score (nSPS) is 12.7. The molecule has 0 aliphatic carbocycles. The van der Waals surface area contributed by atoms with Gasteiger partial charge in [-0.3, -0.25) is 0 Å². The number of rotatable bonds is 8. The lowest BCUT2D eigenvalue weighted by Crippen LogP contribution is -2.38. The minimum absolute atomic E-state index is 0.493. The predicted octanol–water partition coefficient (Wildman–Crippen LogP) is 2.82. The van der Waals surface area contributed by atoms with Crippen LogP contribution >= 0.6 is 0 Å². The molecule has 1 N–H and O–H groups in total. The summed E-state index contributed by atoms with van der Waals surface area (Å²) in [5.41, 5.74) is 2.45. The highest BCUT2D eigenvalue weighted by Gasteiger charge is 2.07. The molecule has 0 amide bonds. The molecule has 19 heavy (non-hydrogen) atoms. The van der Waals surface area contributed by atoms with Gasteiger partial charge in [0.1, 0.15) is 5.75 Å². The second-order valence-electron chi connectivity index (χ2n) is 5.07. The molecule has 1 unspecified atom stereocenters. The van der Waals surface area contributed by atoms with Crippen LogP contribution in [0.2, 0.25) is 0 Å². The molecule has 1 atom stereocenters. The molecule has 0 spiro atoms. The number of nitrogens with one attached hydrogen (secondary N) is 1. The van der Waals surface area contributed by atoms with Crippen molar-refractivity contribution in [3.05, 3.63) is 29.3 Å². The van der Waals surface area contributed by atoms with E-state index in [9.17, 15) is 0 Å². The van der Waals surface area contributed by atoms with Crippen LogP contribution in [0.5, 0.6) is 5.75 Å². The van der Waals surface area contributed by atoms with Crippen LogP contribution in [0.25, 0.3) is 0 Å². The van der Waals surface area contributed by atoms with Crippen LogP contribution in [-0.4, -0.2) is 37.7 Å². The Morgan fingerprint density at radius 1 is 1.26 bits per heavy atom. The predicted molar refractivity (Wildman–Crippen MR) is 81.8 cm³/mol. The molecule has 0 bridgehead atoms. The minimum Gasteiger partial charge on any atom is -0.496 e. The van der Waals surface area contributed by atoms with Gasteiger partial charge in [0, 0.05) is 19.1 Å². The van der Waals surface area contributed by atoms with Gasteiger partial charge in [-0.2, -0.15) is 0 Å². The van der Waals surface area contributed by atoms with E-state index in [0.29, 0.717) is 6.04 Å². The smallest absolute Gasteiger partial charge is 0.122 e. The molecule has 0 radical (unpaired) electrons. The molecular formula is C16H28N2O. The number of hydrogen-bond donors (Lipinski definition) is 1. The first-order valence-electron chi connectivity index (χ1n) is 7.19. The SMILES string of the molecule is CCN(CC)CC(C)NCc1ccc(C)c(OC)c1. The van der Waals surface area contributed by atoms with E-state index in [0.717, 1.165) is 31.9 Å². The summed E-state index contributed by atoms with van der Waals surface area (Å²) in [6, 6.07) is 6.89. The number of benzene rings is 1. The Kier molecular flexibility index (Phi) is 6.89. The standard InChI is InChI=1S/C16H28N2O/c1-6-18(7-2)12-14(4)17-11-15-9-8-13(3)16(10-15)19-5/h8-10,14,17H,6-7,11-12H2,1-5H3. The Bertz CT molecular complexity index is 375. The first-order chi connectivity index (χ1) is 9.10. The molecule has 108 valence electrons. The van der Waals surface area contributed by atoms with E-state index in [-0.39, 0.29) is 0 Å². The van der Waals surface area contributed by atoms with E-state index in [4.69, 9.17) is 4.74 Å². The van der Waals surface area contributed by atoms with Crippen LogP contribution in [0.4, 0.5) is 0 Å². The zero-order valence-corrected chi connectivity index (χ0v) is 13.0. The molecule has 0 heterocycles. The number of hydrogen-bond acceptors (Lipinski definition) is 3. The molecule has 3 heteroatoms. The van der Waals surface area contributed by atoms with Gasteiger partial charge in [0.25, 0.3) is 0 Å². The lowest BCUT2D eigenvalue weighted by atomic mass is 10.1. The first kappa shape index (κ1) is 16.0. The van der Waals surface area contributed by atoms with Gasteiger partial charge in [-0.15, -0.1) is 0 Å². The van der Waals surface area contributed by atoms with Gasteiger partial charge in [0.2, 0.25) is 0 Å². The van der Waals surface area contributed by atoms with Crippen molar-refractivity contribution in [1.82, 2.24) is 10.2 Å². The van der Waals surface area contributed by atoms with Crippen LogP contribution < -0.4 is 10.1 Å². The number of nitrogens with zero attached hydrogens (tertiary/aromatic N) is 1. The summed E-state index contributed by atoms with van der Waals surface area (Å²) in [5.74, 6) is 0.968. The van der Waals surface area contributed by atoms with Gasteiger partial charge in [-0.1, -0.05) is 26.0 Å². The molecule has 0 saturated heterocycles. The van der Waals surface area contributed by atoms with Crippen molar-refractivity contribution in [2.24, 2.45) is 0 Å². The lowest BCUT2D eigenvalue weighted by molar-refractivity contribution is 0.270. The van der Waals surface area contributed by atoms with Crippen LogP contribution in [0, 0.1) is 6.92 Å². The third-order valence-electron chi connectivity index (χ3n) is 3.55. The summed E-state index contributed by atoms with van der Waals surface area (Å²) in [6.07, 6.45) is 0. The van der Waals surface area contributed by atoms with Crippen molar-refractivity contribution in [3.63, 3.8) is 0 Å². The molecule has 0 aliphatic rings. The van der Waals surface area contributed by atoms with E-state index in [1.807, 2.05) is 0 Å². The third kappa shape index (κ3) is 5.21. The molecule has 0 aliphatic heterocycles. The van der Waals surface area contributed by atoms with E-state index in [1.165, 1.54) is 11.1 Å². The number of aryl methyl sites for hydroxylation is 1. The monoisotopic (exact) mass is 264 g/mol. The average molecular weight is 264 g/mol. The van der Waals surface area contributed by atoms with E-state index in [2.05, 4.69) is 56.1 Å². The number of ether oxygens (including phenoxy) is 1. The van der Waals surface area contributed by atoms with Crippen LogP contribution in [0.15, 0.2) is 18.2 Å². The first-order valence-corrected chi connectivity index (χ1v) is 7.19. The zero-order chi connectivity index (χ0) is 14.3. The maximum Gasteiger partial charge on any atom is 0.122 e. The van der Waals surface area contributed by atoms with Gasteiger partial charge in [-0.25, -0.2) is 0 Å². The molecule has 1 aromatic rings. The molecule has 0 saturated carbocycles. The fraction of sp³-hybridized carbons (Fsp3) is 0.625. The van der Waals surface area contributed by atoms with Crippen LogP contribution in [0.3, 0.4) is 0 Å². The molecular weight excluding hydrogens is 236 g/mol. The summed E-state index contributed by atoms with van der Waals surface area (Å²) in [6.45, 7) is 12.9. The van der Waals surface area contributed by atoms with Gasteiger partial charge < -0.3 is 15.0 Å². The van der Waals surface area contributed by atoms with Crippen LogP contribution in [-0.2, 0) is 6.54 Å². The van der Waals surface area contributed by atoms with Crippen molar-refractivity contribution in [2.75, 3.05) is 26.7 Å². The second kappa shape index (κ2) is 8.18. The van der Waals surface area contributed by atoms with Crippen LogP contribution in [0.1, 0.15) is 31.9 Å². The molecule has 3 nitrogen and oxygen atoms in total. The summed E-state index contributed by atoms with van der Waals surface area (Å²) in [7, 11) is 1.72. The molecule has 1 rings (SSSR count). The maximum atomic E-state index is 5.36. The van der Waals surface area contributed by atoms with E-state index < -0.39 is 0 Å². The highest BCUT2D eigenvalue weighted by Crippen LogP contribution is 2.18. The Morgan fingerprint density at radius 2 is 1.95 bits per heavy atom. The van der Waals surface area contributed by atoms with Crippen molar-refractivity contribution in [2.45, 2.75) is 40.3 Å². The van der Waals surface area contributed by atoms with E-state index in [1.54, 1.807) is 7.11 Å². The molecule has 0 fully saturated rings. The Morgan fingerprint density at radius 3 is 2.53 bits per heavy atom. The summed E-state index contributed by atoms with van der Waals surface area (Å²) in [4.78, 5) is 2.44. The quantitative estimate of drug-likeness (QED) is 0.781. The second-order valence-corrected chi connectivity index (χ2v) is 5.07. The van der Waals surface area contributed by atoms with Gasteiger partial charge >= 0.3 is 0 Å². The number of methoxy groups -OCH3 is 1. The average Bonchev–Trinajstić information content (AvgIpc) is 2.43. The van der Waals surface area contributed by atoms with Crippen molar-refractivity contribution in [1.29, 1.82) is 0 Å². The van der Waals surface area contributed by atoms with Gasteiger partial charge in [0.15, 0.2) is 0 Å².